The molecule has 9 nitrogen and oxygen atoms in total. The van der Waals surface area contributed by atoms with Crippen LogP contribution in [0.15, 0.2) is 29.8 Å². The van der Waals surface area contributed by atoms with E-state index in [1.165, 1.54) is 6.07 Å². The van der Waals surface area contributed by atoms with Gasteiger partial charge in [-0.3, -0.25) is 4.31 Å². The number of anilines is 1. The molecule has 0 bridgehead atoms. The van der Waals surface area contributed by atoms with Crippen molar-refractivity contribution >= 4 is 46.4 Å². The Morgan fingerprint density at radius 3 is 2.69 bits per heavy atom. The molecule has 0 saturated carbocycles. The Morgan fingerprint density at radius 1 is 1.34 bits per heavy atom. The second kappa shape index (κ2) is 11.8. The van der Waals surface area contributed by atoms with Crippen molar-refractivity contribution in [1.29, 1.82) is 0 Å². The molecule has 0 heterocycles. The number of rotatable bonds is 9. The molecule has 0 amide bonds. The monoisotopic (exact) mass is 491 g/mol. The molecule has 32 heavy (non-hydrogen) atoms. The lowest BCUT2D eigenvalue weighted by Crippen LogP contribution is -2.40. The molecule has 0 aromatic heterocycles. The molecule has 2 rings (SSSR count). The highest BCUT2D eigenvalue weighted by Crippen LogP contribution is 2.32. The van der Waals surface area contributed by atoms with Crippen LogP contribution in [0.1, 0.15) is 33.1 Å². The van der Waals surface area contributed by atoms with E-state index in [4.69, 9.17) is 26.2 Å². The third-order valence-electron chi connectivity index (χ3n) is 4.45. The molecule has 0 radical (unpaired) electrons. The van der Waals surface area contributed by atoms with Crippen molar-refractivity contribution in [2.75, 3.05) is 17.6 Å². The van der Waals surface area contributed by atoms with Crippen molar-refractivity contribution in [1.82, 2.24) is 0 Å². The van der Waals surface area contributed by atoms with Crippen LogP contribution in [0.4, 0.5) is 14.9 Å². The summed E-state index contributed by atoms with van der Waals surface area (Å²) in [6, 6.07) is 3.33. The van der Waals surface area contributed by atoms with Crippen LogP contribution in [0.3, 0.4) is 0 Å². The molecule has 176 valence electrons. The number of ether oxygens (including phenoxy) is 3. The summed E-state index contributed by atoms with van der Waals surface area (Å²) in [4.78, 5) is 35.1. The lowest BCUT2D eigenvalue weighted by molar-refractivity contribution is -0.147. The quantitative estimate of drug-likeness (QED) is 0.411. The summed E-state index contributed by atoms with van der Waals surface area (Å²) in [5.74, 6) is -2.62. The third-order valence-corrected chi connectivity index (χ3v) is 6.47. The van der Waals surface area contributed by atoms with Crippen LogP contribution < -0.4 is 4.31 Å². The SMILES string of the molecule is CCOC(=O)C1=CCCCC1S(=O)N(COC(=O)O[C@@H](C)C(=O)O)c1ccc(F)cc1Cl. The van der Waals surface area contributed by atoms with Crippen LogP contribution in [0.2, 0.25) is 5.02 Å². The number of carboxylic acids is 1. The molecule has 3 atom stereocenters. The second-order valence-electron chi connectivity index (χ2n) is 6.67. The first-order valence-corrected chi connectivity index (χ1v) is 11.3. The molecule has 1 N–H and O–H groups in total. The molecular weight excluding hydrogens is 469 g/mol. The van der Waals surface area contributed by atoms with Crippen molar-refractivity contribution in [2.45, 2.75) is 44.5 Å². The van der Waals surface area contributed by atoms with E-state index in [9.17, 15) is 23.0 Å². The van der Waals surface area contributed by atoms with E-state index in [-0.39, 0.29) is 22.9 Å². The van der Waals surface area contributed by atoms with Crippen molar-refractivity contribution in [3.63, 3.8) is 0 Å². The van der Waals surface area contributed by atoms with Crippen LogP contribution >= 0.6 is 11.6 Å². The van der Waals surface area contributed by atoms with Gasteiger partial charge in [-0.25, -0.2) is 23.0 Å². The lowest BCUT2D eigenvalue weighted by Gasteiger charge is -2.30. The van der Waals surface area contributed by atoms with Crippen molar-refractivity contribution in [2.24, 2.45) is 0 Å². The van der Waals surface area contributed by atoms with Gasteiger partial charge in [0.15, 0.2) is 12.8 Å². The number of allylic oxidation sites excluding steroid dienone is 1. The Hall–Kier alpha value is -2.66. The lowest BCUT2D eigenvalue weighted by atomic mass is 9.99. The van der Waals surface area contributed by atoms with E-state index < -0.39 is 53.0 Å². The summed E-state index contributed by atoms with van der Waals surface area (Å²) < 4.78 is 42.7. The first kappa shape index (κ1) is 25.6. The largest absolute Gasteiger partial charge is 0.510 e. The average Bonchev–Trinajstić information content (AvgIpc) is 2.74. The van der Waals surface area contributed by atoms with E-state index >= 15 is 0 Å². The maximum atomic E-state index is 13.5. The number of aliphatic carboxylic acids is 1. The van der Waals surface area contributed by atoms with Gasteiger partial charge in [-0.05, 0) is 51.3 Å². The van der Waals surface area contributed by atoms with Crippen LogP contribution in [0.25, 0.3) is 0 Å². The standard InChI is InChI=1S/C20H23ClFNO8S/c1-3-29-19(26)14-6-4-5-7-17(14)32(28)23(16-9-8-13(22)10-15(16)21)11-30-20(27)31-12(2)18(24)25/h6,8-10,12,17H,3-5,7,11H2,1-2H3,(H,24,25)/t12-,17?,32?/m0/s1. The minimum atomic E-state index is -2.00. The normalized spacial score (nSPS) is 17.5. The fourth-order valence-corrected chi connectivity index (χ4v) is 4.80. The number of hydrogen-bond acceptors (Lipinski definition) is 7. The number of carbonyl (C=O) groups is 3. The number of esters is 1. The van der Waals surface area contributed by atoms with E-state index in [1.54, 1.807) is 13.0 Å². The predicted octanol–water partition coefficient (Wildman–Crippen LogP) is 3.58. The second-order valence-corrected chi connectivity index (χ2v) is 8.64. The molecule has 0 aliphatic heterocycles. The topological polar surface area (TPSA) is 119 Å². The van der Waals surface area contributed by atoms with Crippen molar-refractivity contribution < 1.29 is 42.3 Å². The van der Waals surface area contributed by atoms with Gasteiger partial charge in [0.05, 0.1) is 28.1 Å². The number of halogens is 2. The van der Waals surface area contributed by atoms with E-state index in [1.807, 2.05) is 0 Å². The van der Waals surface area contributed by atoms with E-state index in [0.717, 1.165) is 23.4 Å². The Bertz CT molecular complexity index is 925. The fraction of sp³-hybridized carbons (Fsp3) is 0.450. The summed E-state index contributed by atoms with van der Waals surface area (Å²) >= 11 is 6.13. The predicted molar refractivity (Wildman–Crippen MR) is 114 cm³/mol. The maximum Gasteiger partial charge on any atom is 0.510 e. The number of carboxylic acid groups (broad SMARTS) is 1. The van der Waals surface area contributed by atoms with Crippen LogP contribution in [0, 0.1) is 5.82 Å². The smallest absolute Gasteiger partial charge is 0.479 e. The molecule has 0 saturated heterocycles. The van der Waals surface area contributed by atoms with Crippen molar-refractivity contribution in [3.8, 4) is 0 Å². The highest BCUT2D eigenvalue weighted by molar-refractivity contribution is 7.87. The number of benzene rings is 1. The molecule has 0 spiro atoms. The van der Waals surface area contributed by atoms with Gasteiger partial charge >= 0.3 is 18.1 Å². The van der Waals surface area contributed by atoms with E-state index in [0.29, 0.717) is 19.3 Å². The van der Waals surface area contributed by atoms with Gasteiger partial charge in [-0.15, -0.1) is 0 Å². The zero-order valence-electron chi connectivity index (χ0n) is 17.4. The summed E-state index contributed by atoms with van der Waals surface area (Å²) in [6.45, 7) is 2.26. The van der Waals surface area contributed by atoms with Crippen LogP contribution in [-0.2, 0) is 34.8 Å². The van der Waals surface area contributed by atoms with Crippen LogP contribution in [-0.4, -0.2) is 52.1 Å². The molecule has 0 fully saturated rings. The molecule has 12 heteroatoms. The first-order valence-electron chi connectivity index (χ1n) is 9.72. The molecule has 1 aromatic carbocycles. The van der Waals surface area contributed by atoms with Crippen molar-refractivity contribution in [3.05, 3.63) is 40.7 Å². The van der Waals surface area contributed by atoms with Gasteiger partial charge in [-0.1, -0.05) is 17.7 Å². The fourth-order valence-electron chi connectivity index (χ4n) is 2.88. The van der Waals surface area contributed by atoms with Gasteiger partial charge in [-0.2, -0.15) is 0 Å². The average molecular weight is 492 g/mol. The molecule has 2 unspecified atom stereocenters. The zero-order chi connectivity index (χ0) is 23.8. The number of nitrogens with zero attached hydrogens (tertiary/aromatic N) is 1. The van der Waals surface area contributed by atoms with E-state index in [2.05, 4.69) is 4.74 Å². The molecular formula is C20H23ClFNO8S. The van der Waals surface area contributed by atoms with Gasteiger partial charge in [0.2, 0.25) is 0 Å². The summed E-state index contributed by atoms with van der Waals surface area (Å²) in [5.41, 5.74) is 0.306. The Labute approximate surface area is 191 Å². The zero-order valence-corrected chi connectivity index (χ0v) is 19.0. The summed E-state index contributed by atoms with van der Waals surface area (Å²) in [5, 5.41) is 7.94. The van der Waals surface area contributed by atoms with Gasteiger partial charge in [0.25, 0.3) is 0 Å². The molecule has 1 aromatic rings. The first-order chi connectivity index (χ1) is 15.1. The third kappa shape index (κ3) is 6.67. The summed E-state index contributed by atoms with van der Waals surface area (Å²) in [6.07, 6.45) is 0.515. The molecule has 1 aliphatic rings. The highest BCUT2D eigenvalue weighted by atomic mass is 35.5. The molecule has 1 aliphatic carbocycles. The summed E-state index contributed by atoms with van der Waals surface area (Å²) in [7, 11) is -2.00. The number of hydrogen-bond donors (Lipinski definition) is 1. The Balaban J connectivity index is 2.31. The number of carbonyl (C=O) groups excluding carboxylic acids is 2. The minimum absolute atomic E-state index is 0.0827. The van der Waals surface area contributed by atoms with Gasteiger partial charge in [0.1, 0.15) is 16.8 Å². The van der Waals surface area contributed by atoms with Crippen LogP contribution in [0.5, 0.6) is 0 Å². The van der Waals surface area contributed by atoms with Gasteiger partial charge in [0, 0.05) is 0 Å². The minimum Gasteiger partial charge on any atom is -0.479 e. The van der Waals surface area contributed by atoms with Gasteiger partial charge < -0.3 is 19.3 Å². The Morgan fingerprint density at radius 2 is 2.06 bits per heavy atom. The highest BCUT2D eigenvalue weighted by Gasteiger charge is 2.34. The maximum absolute atomic E-state index is 13.5. The Kier molecular flexibility index (Phi) is 9.45.